The van der Waals surface area contributed by atoms with Gasteiger partial charge in [0.1, 0.15) is 0 Å². The topological polar surface area (TPSA) is 26.3 Å². The summed E-state index contributed by atoms with van der Waals surface area (Å²) in [4.78, 5) is 11.2. The van der Waals surface area contributed by atoms with Gasteiger partial charge in [0.2, 0.25) is 0 Å². The lowest BCUT2D eigenvalue weighted by Gasteiger charge is -2.28. The van der Waals surface area contributed by atoms with E-state index < -0.39 is 0 Å². The number of ether oxygens (including phenoxy) is 1. The Morgan fingerprint density at radius 2 is 1.72 bits per heavy atom. The lowest BCUT2D eigenvalue weighted by atomic mass is 9.79. The molecule has 0 amide bonds. The summed E-state index contributed by atoms with van der Waals surface area (Å²) in [5, 5.41) is 0. The quantitative estimate of drug-likeness (QED) is 0.493. The predicted molar refractivity (Wildman–Crippen MR) is 75.4 cm³/mol. The average molecular weight is 252 g/mol. The fourth-order valence-electron chi connectivity index (χ4n) is 2.74. The maximum Gasteiger partial charge on any atom is 0.333 e. The zero-order valence-corrected chi connectivity index (χ0v) is 12.0. The van der Waals surface area contributed by atoms with Crippen molar-refractivity contribution >= 4 is 5.97 Å². The minimum absolute atomic E-state index is 0.244. The standard InChI is InChI=1S/C16H28O2/c1-4-5-6-14-7-9-15(10-8-14)11-12-18-16(17)13(2)3/h14-15H,2,4-12H2,1,3H3. The Bertz CT molecular complexity index is 262. The van der Waals surface area contributed by atoms with Gasteiger partial charge < -0.3 is 4.74 Å². The SMILES string of the molecule is C=C(C)C(=O)OCCC1CCC(CCCC)CC1. The van der Waals surface area contributed by atoms with E-state index in [1.165, 1.54) is 44.9 Å². The van der Waals surface area contributed by atoms with Crippen molar-refractivity contribution in [1.29, 1.82) is 0 Å². The van der Waals surface area contributed by atoms with E-state index in [0.29, 0.717) is 12.2 Å². The summed E-state index contributed by atoms with van der Waals surface area (Å²) in [7, 11) is 0. The number of rotatable bonds is 7. The van der Waals surface area contributed by atoms with Gasteiger partial charge in [-0.2, -0.15) is 0 Å². The number of esters is 1. The van der Waals surface area contributed by atoms with Crippen molar-refractivity contribution in [1.82, 2.24) is 0 Å². The molecule has 0 aromatic carbocycles. The summed E-state index contributed by atoms with van der Waals surface area (Å²) in [6.45, 7) is 8.11. The molecule has 104 valence electrons. The molecule has 1 rings (SSSR count). The summed E-state index contributed by atoms with van der Waals surface area (Å²) in [6, 6.07) is 0. The molecule has 18 heavy (non-hydrogen) atoms. The van der Waals surface area contributed by atoms with Gasteiger partial charge in [-0.3, -0.25) is 0 Å². The number of hydrogen-bond acceptors (Lipinski definition) is 2. The van der Waals surface area contributed by atoms with Gasteiger partial charge in [0.25, 0.3) is 0 Å². The molecule has 0 aromatic heterocycles. The van der Waals surface area contributed by atoms with Crippen molar-refractivity contribution in [3.8, 4) is 0 Å². The number of unbranched alkanes of at least 4 members (excludes halogenated alkanes) is 1. The fourth-order valence-corrected chi connectivity index (χ4v) is 2.74. The molecule has 1 aliphatic rings. The van der Waals surface area contributed by atoms with Crippen molar-refractivity contribution in [3.63, 3.8) is 0 Å². The molecule has 2 heteroatoms. The Balaban J connectivity index is 2.08. The summed E-state index contributed by atoms with van der Waals surface area (Å²) in [5.74, 6) is 1.48. The molecule has 1 aliphatic carbocycles. The molecule has 1 saturated carbocycles. The average Bonchev–Trinajstić information content (AvgIpc) is 2.37. The predicted octanol–water partition coefficient (Wildman–Crippen LogP) is 4.49. The monoisotopic (exact) mass is 252 g/mol. The highest BCUT2D eigenvalue weighted by atomic mass is 16.5. The Labute approximate surface area is 112 Å². The van der Waals surface area contributed by atoms with Crippen LogP contribution in [0, 0.1) is 11.8 Å². The van der Waals surface area contributed by atoms with E-state index in [1.807, 2.05) is 0 Å². The van der Waals surface area contributed by atoms with Crippen LogP contribution in [0.2, 0.25) is 0 Å². The zero-order chi connectivity index (χ0) is 13.4. The molecule has 0 saturated heterocycles. The molecule has 0 radical (unpaired) electrons. The molecule has 1 fully saturated rings. The van der Waals surface area contributed by atoms with Crippen LogP contribution in [-0.4, -0.2) is 12.6 Å². The van der Waals surface area contributed by atoms with E-state index in [9.17, 15) is 4.79 Å². The van der Waals surface area contributed by atoms with E-state index >= 15 is 0 Å². The smallest absolute Gasteiger partial charge is 0.333 e. The Kier molecular flexibility index (Phi) is 7.07. The van der Waals surface area contributed by atoms with Crippen LogP contribution in [0.1, 0.15) is 65.2 Å². The third-order valence-corrected chi connectivity index (χ3v) is 4.04. The highest BCUT2D eigenvalue weighted by molar-refractivity contribution is 5.86. The van der Waals surface area contributed by atoms with Gasteiger partial charge in [-0.25, -0.2) is 4.79 Å². The summed E-state index contributed by atoms with van der Waals surface area (Å²) >= 11 is 0. The minimum atomic E-state index is -0.244. The molecular weight excluding hydrogens is 224 g/mol. The molecule has 0 aliphatic heterocycles. The first kappa shape index (κ1) is 15.3. The Morgan fingerprint density at radius 3 is 2.22 bits per heavy atom. The van der Waals surface area contributed by atoms with Crippen LogP contribution in [0.5, 0.6) is 0 Å². The maximum atomic E-state index is 11.2. The second kappa shape index (κ2) is 8.34. The highest BCUT2D eigenvalue weighted by Gasteiger charge is 2.20. The van der Waals surface area contributed by atoms with Gasteiger partial charge in [-0.1, -0.05) is 58.4 Å². The van der Waals surface area contributed by atoms with Gasteiger partial charge in [-0.15, -0.1) is 0 Å². The van der Waals surface area contributed by atoms with Crippen molar-refractivity contribution in [2.45, 2.75) is 65.2 Å². The zero-order valence-electron chi connectivity index (χ0n) is 12.0. The van der Waals surface area contributed by atoms with E-state index in [4.69, 9.17) is 4.74 Å². The van der Waals surface area contributed by atoms with Crippen LogP contribution < -0.4 is 0 Å². The molecule has 0 spiro atoms. The van der Waals surface area contributed by atoms with Crippen LogP contribution in [0.4, 0.5) is 0 Å². The first-order valence-corrected chi connectivity index (χ1v) is 7.46. The van der Waals surface area contributed by atoms with Crippen molar-refractivity contribution < 1.29 is 9.53 Å². The lowest BCUT2D eigenvalue weighted by Crippen LogP contribution is -2.17. The van der Waals surface area contributed by atoms with E-state index in [0.717, 1.165) is 18.3 Å². The number of carbonyl (C=O) groups excluding carboxylic acids is 1. The summed E-state index contributed by atoms with van der Waals surface area (Å²) in [6.07, 6.45) is 10.5. The van der Waals surface area contributed by atoms with Crippen molar-refractivity contribution in [3.05, 3.63) is 12.2 Å². The van der Waals surface area contributed by atoms with E-state index in [-0.39, 0.29) is 5.97 Å². The second-order valence-electron chi connectivity index (χ2n) is 5.73. The summed E-state index contributed by atoms with van der Waals surface area (Å²) in [5.41, 5.74) is 0.498. The molecule has 0 N–H and O–H groups in total. The fraction of sp³-hybridized carbons (Fsp3) is 0.812. The van der Waals surface area contributed by atoms with Gasteiger partial charge >= 0.3 is 5.97 Å². The van der Waals surface area contributed by atoms with Gasteiger partial charge in [0.05, 0.1) is 6.61 Å². The second-order valence-corrected chi connectivity index (χ2v) is 5.73. The molecule has 0 aromatic rings. The first-order valence-electron chi connectivity index (χ1n) is 7.46. The number of hydrogen-bond donors (Lipinski definition) is 0. The van der Waals surface area contributed by atoms with Crippen molar-refractivity contribution in [2.24, 2.45) is 11.8 Å². The van der Waals surface area contributed by atoms with Gasteiger partial charge in [0.15, 0.2) is 0 Å². The van der Waals surface area contributed by atoms with Crippen LogP contribution in [0.15, 0.2) is 12.2 Å². The number of carbonyl (C=O) groups is 1. The van der Waals surface area contributed by atoms with Crippen LogP contribution in [0.25, 0.3) is 0 Å². The van der Waals surface area contributed by atoms with Crippen LogP contribution in [0.3, 0.4) is 0 Å². The minimum Gasteiger partial charge on any atom is -0.462 e. The summed E-state index contributed by atoms with van der Waals surface area (Å²) < 4.78 is 5.16. The third kappa shape index (κ3) is 5.70. The maximum absolute atomic E-state index is 11.2. The molecule has 0 heterocycles. The normalized spacial score (nSPS) is 23.7. The third-order valence-electron chi connectivity index (χ3n) is 4.04. The van der Waals surface area contributed by atoms with E-state index in [1.54, 1.807) is 6.92 Å². The first-order chi connectivity index (χ1) is 8.63. The van der Waals surface area contributed by atoms with Gasteiger partial charge in [0, 0.05) is 5.57 Å². The Morgan fingerprint density at radius 1 is 1.17 bits per heavy atom. The van der Waals surface area contributed by atoms with Gasteiger partial charge in [-0.05, 0) is 25.2 Å². The molecular formula is C16H28O2. The van der Waals surface area contributed by atoms with Crippen molar-refractivity contribution in [2.75, 3.05) is 6.61 Å². The van der Waals surface area contributed by atoms with E-state index in [2.05, 4.69) is 13.5 Å². The molecule has 2 nitrogen and oxygen atoms in total. The molecule has 0 bridgehead atoms. The highest BCUT2D eigenvalue weighted by Crippen LogP contribution is 2.33. The largest absolute Gasteiger partial charge is 0.462 e. The molecule has 0 unspecified atom stereocenters. The van der Waals surface area contributed by atoms with Crippen LogP contribution >= 0.6 is 0 Å². The van der Waals surface area contributed by atoms with Crippen LogP contribution in [-0.2, 0) is 9.53 Å². The Hall–Kier alpha value is -0.790. The lowest BCUT2D eigenvalue weighted by molar-refractivity contribution is -0.139. The molecule has 0 atom stereocenters.